The summed E-state index contributed by atoms with van der Waals surface area (Å²) >= 11 is 12.4. The predicted octanol–water partition coefficient (Wildman–Crippen LogP) is 5.88. The lowest BCUT2D eigenvalue weighted by molar-refractivity contribution is -0.120. The Hall–Kier alpha value is -3.61. The van der Waals surface area contributed by atoms with Crippen molar-refractivity contribution in [3.8, 4) is 0 Å². The maximum Gasteiger partial charge on any atom is 0.283 e. The molecule has 8 heteroatoms. The van der Waals surface area contributed by atoms with Crippen LogP contribution in [0.25, 0.3) is 0 Å². The van der Waals surface area contributed by atoms with Crippen molar-refractivity contribution in [2.75, 3.05) is 15.5 Å². The summed E-state index contributed by atoms with van der Waals surface area (Å²) < 4.78 is 0. The minimum Gasteiger partial charge on any atom is -0.350 e. The van der Waals surface area contributed by atoms with Crippen molar-refractivity contribution >= 4 is 58.0 Å². The van der Waals surface area contributed by atoms with Gasteiger partial charge in [-0.1, -0.05) is 53.5 Å². The van der Waals surface area contributed by atoms with E-state index in [0.717, 1.165) is 27.3 Å². The van der Waals surface area contributed by atoms with Gasteiger partial charge in [0.25, 0.3) is 11.8 Å². The van der Waals surface area contributed by atoms with Crippen LogP contribution in [0.4, 0.5) is 17.1 Å². The fourth-order valence-electron chi connectivity index (χ4n) is 3.79. The Morgan fingerprint density at radius 1 is 0.857 bits per heavy atom. The minimum absolute atomic E-state index is 0.0172. The van der Waals surface area contributed by atoms with Crippen LogP contribution in [0.2, 0.25) is 5.02 Å². The quantitative estimate of drug-likeness (QED) is 0.408. The van der Waals surface area contributed by atoms with E-state index in [1.54, 1.807) is 49.4 Å². The van der Waals surface area contributed by atoms with E-state index in [9.17, 15) is 14.4 Å². The zero-order valence-corrected chi connectivity index (χ0v) is 20.9. The van der Waals surface area contributed by atoms with E-state index < -0.39 is 11.8 Å². The van der Waals surface area contributed by atoms with Crippen molar-refractivity contribution in [1.29, 1.82) is 0 Å². The Morgan fingerprint density at radius 2 is 1.54 bits per heavy atom. The molecule has 0 spiro atoms. The first-order valence-electron chi connectivity index (χ1n) is 10.9. The summed E-state index contributed by atoms with van der Waals surface area (Å²) in [4.78, 5) is 39.3. The standard InChI is InChI=1S/C27H23Cl2N3O3/c1-15-6-4-8-21(16(15)2)31-23(33)14-18-10-12-19(13-11-18)30-25-24(29)26(34)32(27(25)35)22-9-5-7-20(28)17(22)3/h4-13,30H,14H2,1-3H3,(H,31,33). The highest BCUT2D eigenvalue weighted by Gasteiger charge is 2.39. The van der Waals surface area contributed by atoms with Gasteiger partial charge in [0.2, 0.25) is 5.91 Å². The summed E-state index contributed by atoms with van der Waals surface area (Å²) in [6, 6.07) is 17.8. The summed E-state index contributed by atoms with van der Waals surface area (Å²) in [5.41, 5.74) is 5.25. The molecule has 3 amide bonds. The molecule has 6 nitrogen and oxygen atoms in total. The molecule has 4 rings (SSSR count). The lowest BCUT2D eigenvalue weighted by Crippen LogP contribution is -2.32. The van der Waals surface area contributed by atoms with Gasteiger partial charge in [-0.15, -0.1) is 0 Å². The van der Waals surface area contributed by atoms with E-state index >= 15 is 0 Å². The molecule has 0 saturated carbocycles. The van der Waals surface area contributed by atoms with Crippen molar-refractivity contribution < 1.29 is 14.4 Å². The van der Waals surface area contributed by atoms with Gasteiger partial charge >= 0.3 is 0 Å². The smallest absolute Gasteiger partial charge is 0.283 e. The van der Waals surface area contributed by atoms with Gasteiger partial charge in [0, 0.05) is 16.4 Å². The van der Waals surface area contributed by atoms with Gasteiger partial charge < -0.3 is 10.6 Å². The highest BCUT2D eigenvalue weighted by molar-refractivity contribution is 6.53. The number of nitrogens with one attached hydrogen (secondary N) is 2. The maximum absolute atomic E-state index is 13.0. The largest absolute Gasteiger partial charge is 0.350 e. The van der Waals surface area contributed by atoms with Crippen molar-refractivity contribution in [3.05, 3.63) is 98.7 Å². The third kappa shape index (κ3) is 4.94. The van der Waals surface area contributed by atoms with Crippen molar-refractivity contribution in [2.24, 2.45) is 0 Å². The molecule has 2 N–H and O–H groups in total. The van der Waals surface area contributed by atoms with Gasteiger partial charge in [-0.05, 0) is 73.4 Å². The van der Waals surface area contributed by atoms with Crippen LogP contribution in [0.5, 0.6) is 0 Å². The second-order valence-corrected chi connectivity index (χ2v) is 9.10. The number of rotatable bonds is 6. The van der Waals surface area contributed by atoms with E-state index in [2.05, 4.69) is 10.6 Å². The Morgan fingerprint density at radius 3 is 2.26 bits per heavy atom. The van der Waals surface area contributed by atoms with Crippen LogP contribution in [-0.4, -0.2) is 17.7 Å². The van der Waals surface area contributed by atoms with Crippen LogP contribution < -0.4 is 15.5 Å². The van der Waals surface area contributed by atoms with Crippen LogP contribution >= 0.6 is 23.2 Å². The van der Waals surface area contributed by atoms with Crippen LogP contribution in [-0.2, 0) is 20.8 Å². The number of benzene rings is 3. The molecule has 1 aliphatic rings. The van der Waals surface area contributed by atoms with E-state index in [-0.39, 0.29) is 23.1 Å². The Labute approximate surface area is 213 Å². The van der Waals surface area contributed by atoms with Crippen LogP contribution in [0.15, 0.2) is 71.4 Å². The lowest BCUT2D eigenvalue weighted by Gasteiger charge is -2.18. The third-order valence-corrected chi connectivity index (χ3v) is 6.73. The second-order valence-electron chi connectivity index (χ2n) is 8.31. The molecule has 3 aromatic carbocycles. The van der Waals surface area contributed by atoms with Crippen LogP contribution in [0.3, 0.4) is 0 Å². The van der Waals surface area contributed by atoms with Gasteiger partial charge in [-0.3, -0.25) is 14.4 Å². The molecule has 35 heavy (non-hydrogen) atoms. The third-order valence-electron chi connectivity index (χ3n) is 5.97. The fraction of sp³-hybridized carbons (Fsp3) is 0.148. The highest BCUT2D eigenvalue weighted by Crippen LogP contribution is 2.34. The summed E-state index contributed by atoms with van der Waals surface area (Å²) in [5, 5.41) is 6.12. The number of aryl methyl sites for hydroxylation is 1. The Bertz CT molecular complexity index is 1380. The Kier molecular flexibility index (Phi) is 6.96. The molecule has 0 aliphatic carbocycles. The van der Waals surface area contributed by atoms with E-state index in [0.29, 0.717) is 22.0 Å². The average Bonchev–Trinajstić information content (AvgIpc) is 3.03. The molecule has 0 aromatic heterocycles. The molecular weight excluding hydrogens is 485 g/mol. The lowest BCUT2D eigenvalue weighted by atomic mass is 10.1. The van der Waals surface area contributed by atoms with E-state index in [4.69, 9.17) is 23.2 Å². The van der Waals surface area contributed by atoms with Crippen molar-refractivity contribution in [1.82, 2.24) is 0 Å². The minimum atomic E-state index is -0.621. The van der Waals surface area contributed by atoms with Crippen LogP contribution in [0.1, 0.15) is 22.3 Å². The first-order chi connectivity index (χ1) is 16.7. The van der Waals surface area contributed by atoms with Gasteiger partial charge in [0.05, 0.1) is 12.1 Å². The molecule has 1 aliphatic heterocycles. The number of halogens is 2. The number of nitrogens with zero attached hydrogens (tertiary/aromatic N) is 1. The fourth-order valence-corrected chi connectivity index (χ4v) is 4.17. The van der Waals surface area contributed by atoms with E-state index in [1.165, 1.54) is 0 Å². The summed E-state index contributed by atoms with van der Waals surface area (Å²) in [7, 11) is 0. The predicted molar refractivity (Wildman–Crippen MR) is 140 cm³/mol. The molecule has 0 radical (unpaired) electrons. The van der Waals surface area contributed by atoms with Crippen molar-refractivity contribution in [2.45, 2.75) is 27.2 Å². The molecule has 0 saturated heterocycles. The van der Waals surface area contributed by atoms with E-state index in [1.807, 2.05) is 32.0 Å². The zero-order chi connectivity index (χ0) is 25.3. The Balaban J connectivity index is 1.45. The van der Waals surface area contributed by atoms with Crippen LogP contribution in [0, 0.1) is 20.8 Å². The normalized spacial score (nSPS) is 13.5. The molecule has 0 unspecified atom stereocenters. The molecule has 0 fully saturated rings. The second kappa shape index (κ2) is 9.94. The molecular formula is C27H23Cl2N3O3. The number of carbonyl (C=O) groups excluding carboxylic acids is 3. The maximum atomic E-state index is 13.0. The highest BCUT2D eigenvalue weighted by atomic mass is 35.5. The summed E-state index contributed by atoms with van der Waals surface area (Å²) in [6.07, 6.45) is 0.191. The van der Waals surface area contributed by atoms with Gasteiger partial charge in [0.1, 0.15) is 10.7 Å². The SMILES string of the molecule is Cc1cccc(NC(=O)Cc2ccc(NC3=C(Cl)C(=O)N(c4cccc(Cl)c4C)C3=O)cc2)c1C. The number of imide groups is 1. The van der Waals surface area contributed by atoms with Gasteiger partial charge in [0.15, 0.2) is 0 Å². The first kappa shape index (κ1) is 24.5. The number of amides is 3. The topological polar surface area (TPSA) is 78.5 Å². The molecule has 3 aromatic rings. The number of anilines is 3. The first-order valence-corrected chi connectivity index (χ1v) is 11.7. The number of hydrogen-bond acceptors (Lipinski definition) is 4. The molecule has 0 bridgehead atoms. The number of hydrogen-bond donors (Lipinski definition) is 2. The molecule has 1 heterocycles. The van der Waals surface area contributed by atoms with Gasteiger partial charge in [-0.2, -0.15) is 0 Å². The van der Waals surface area contributed by atoms with Gasteiger partial charge in [-0.25, -0.2) is 4.90 Å². The molecule has 178 valence electrons. The summed E-state index contributed by atoms with van der Waals surface area (Å²) in [5.74, 6) is -1.32. The summed E-state index contributed by atoms with van der Waals surface area (Å²) in [6.45, 7) is 5.69. The monoisotopic (exact) mass is 507 g/mol. The average molecular weight is 508 g/mol. The zero-order valence-electron chi connectivity index (χ0n) is 19.4. The number of carbonyl (C=O) groups is 3. The molecule has 0 atom stereocenters. The van der Waals surface area contributed by atoms with Crippen molar-refractivity contribution in [3.63, 3.8) is 0 Å².